The summed E-state index contributed by atoms with van der Waals surface area (Å²) in [7, 11) is -4.53. The summed E-state index contributed by atoms with van der Waals surface area (Å²) in [6, 6.07) is 33.0. The van der Waals surface area contributed by atoms with Crippen LogP contribution in [-0.4, -0.2) is 16.6 Å². The zero-order valence-corrected chi connectivity index (χ0v) is 24.9. The van der Waals surface area contributed by atoms with Gasteiger partial charge < -0.3 is 18.3 Å². The van der Waals surface area contributed by atoms with Crippen molar-refractivity contribution in [2.75, 3.05) is 0 Å². The van der Waals surface area contributed by atoms with Crippen LogP contribution >= 0.6 is 0 Å². The van der Waals surface area contributed by atoms with Crippen LogP contribution in [-0.2, 0) is 20.1 Å². The fourth-order valence-corrected chi connectivity index (χ4v) is 8.52. The number of hydrogen-bond donors (Lipinski definition) is 0. The standard InChI is InChI=1S/C32H34O4Si2/c1-37(2,3)35-31(23-15-7-11-19-27(23)33-28-20-12-8-16-24(28)31)32(36-38(4,5)6)25-17-9-13-21-29(25)34-30-22-14-10-18-26(30)32/h7-22H,1-6H3. The van der Waals surface area contributed by atoms with E-state index in [-0.39, 0.29) is 0 Å². The predicted octanol–water partition coefficient (Wildman–Crippen LogP) is 8.79. The van der Waals surface area contributed by atoms with Crippen LogP contribution in [0.5, 0.6) is 23.0 Å². The molecule has 4 aromatic carbocycles. The van der Waals surface area contributed by atoms with Gasteiger partial charge in [0.15, 0.2) is 27.8 Å². The maximum absolute atomic E-state index is 7.62. The second kappa shape index (κ2) is 8.68. The summed E-state index contributed by atoms with van der Waals surface area (Å²) in [6.07, 6.45) is 0. The first-order valence-corrected chi connectivity index (χ1v) is 20.0. The molecule has 0 aliphatic carbocycles. The van der Waals surface area contributed by atoms with Crippen LogP contribution in [0.1, 0.15) is 22.3 Å². The Morgan fingerprint density at radius 2 is 0.658 bits per heavy atom. The Labute approximate surface area is 227 Å². The molecule has 194 valence electrons. The molecule has 2 heterocycles. The Balaban J connectivity index is 1.87. The van der Waals surface area contributed by atoms with E-state index in [9.17, 15) is 0 Å². The molecule has 0 radical (unpaired) electrons. The molecule has 0 atom stereocenters. The van der Waals surface area contributed by atoms with Crippen LogP contribution < -0.4 is 9.47 Å². The lowest BCUT2D eigenvalue weighted by Gasteiger charge is -2.58. The molecule has 6 heteroatoms. The fraction of sp³-hybridized carbons (Fsp3) is 0.250. The Morgan fingerprint density at radius 1 is 0.421 bits per heavy atom. The lowest BCUT2D eigenvalue weighted by Crippen LogP contribution is -2.62. The summed E-state index contributed by atoms with van der Waals surface area (Å²) >= 11 is 0. The molecule has 0 aromatic heterocycles. The first kappa shape index (κ1) is 25.1. The smallest absolute Gasteiger partial charge is 0.185 e. The Bertz CT molecular complexity index is 1310. The highest BCUT2D eigenvalue weighted by molar-refractivity contribution is 6.70. The van der Waals surface area contributed by atoms with Gasteiger partial charge in [0, 0.05) is 22.3 Å². The minimum atomic E-state index is -2.26. The normalized spacial score (nSPS) is 16.7. The van der Waals surface area contributed by atoms with Gasteiger partial charge in [0.2, 0.25) is 0 Å². The van der Waals surface area contributed by atoms with Gasteiger partial charge in [-0.15, -0.1) is 0 Å². The Hall–Kier alpha value is -3.17. The molecule has 38 heavy (non-hydrogen) atoms. The molecule has 6 rings (SSSR count). The number of ether oxygens (including phenoxy) is 2. The first-order chi connectivity index (χ1) is 18.1. The highest BCUT2D eigenvalue weighted by Crippen LogP contribution is 2.66. The SMILES string of the molecule is C[Si](C)(C)OC1(C2(O[Si](C)(C)C)c3ccccc3Oc3ccccc32)c2ccccc2Oc2ccccc21. The van der Waals surface area contributed by atoms with Crippen molar-refractivity contribution in [3.8, 4) is 23.0 Å². The van der Waals surface area contributed by atoms with Crippen molar-refractivity contribution in [2.45, 2.75) is 50.5 Å². The highest BCUT2D eigenvalue weighted by Gasteiger charge is 2.66. The van der Waals surface area contributed by atoms with Crippen molar-refractivity contribution in [3.63, 3.8) is 0 Å². The lowest BCUT2D eigenvalue weighted by atomic mass is 9.64. The van der Waals surface area contributed by atoms with E-state index >= 15 is 0 Å². The van der Waals surface area contributed by atoms with Gasteiger partial charge in [0.05, 0.1) is 0 Å². The summed E-state index contributed by atoms with van der Waals surface area (Å²) in [6.45, 7) is 13.5. The molecule has 0 spiro atoms. The molecule has 0 fully saturated rings. The number of fused-ring (bicyclic) bond motifs is 4. The molecule has 0 N–H and O–H groups in total. The van der Waals surface area contributed by atoms with Gasteiger partial charge in [-0.25, -0.2) is 0 Å². The number of benzene rings is 4. The zero-order chi connectivity index (χ0) is 26.8. The van der Waals surface area contributed by atoms with Crippen LogP contribution in [0, 0.1) is 0 Å². The highest BCUT2D eigenvalue weighted by atomic mass is 28.4. The van der Waals surface area contributed by atoms with Crippen molar-refractivity contribution in [1.29, 1.82) is 0 Å². The van der Waals surface area contributed by atoms with E-state index in [1.807, 2.05) is 48.5 Å². The van der Waals surface area contributed by atoms with Crippen molar-refractivity contribution in [1.82, 2.24) is 0 Å². The second-order valence-corrected chi connectivity index (χ2v) is 20.8. The number of hydrogen-bond acceptors (Lipinski definition) is 4. The lowest BCUT2D eigenvalue weighted by molar-refractivity contribution is -0.0966. The summed E-state index contributed by atoms with van der Waals surface area (Å²) < 4.78 is 28.3. The molecule has 2 aliphatic rings. The van der Waals surface area contributed by atoms with Crippen LogP contribution in [0.3, 0.4) is 0 Å². The number of rotatable bonds is 5. The monoisotopic (exact) mass is 538 g/mol. The third-order valence-corrected chi connectivity index (χ3v) is 8.76. The number of para-hydroxylation sites is 4. The zero-order valence-electron chi connectivity index (χ0n) is 22.9. The van der Waals surface area contributed by atoms with E-state index in [0.29, 0.717) is 0 Å². The molecular formula is C32H34O4Si2. The van der Waals surface area contributed by atoms with Crippen molar-refractivity contribution in [3.05, 3.63) is 119 Å². The van der Waals surface area contributed by atoms with E-state index in [1.54, 1.807) is 0 Å². The van der Waals surface area contributed by atoms with Gasteiger partial charge in [-0.05, 0) is 63.5 Å². The van der Waals surface area contributed by atoms with E-state index in [4.69, 9.17) is 18.3 Å². The Kier molecular flexibility index (Phi) is 5.74. The Morgan fingerprint density at radius 3 is 0.895 bits per heavy atom. The molecule has 0 saturated carbocycles. The molecule has 0 amide bonds. The maximum Gasteiger partial charge on any atom is 0.185 e. The van der Waals surface area contributed by atoms with Gasteiger partial charge in [-0.1, -0.05) is 72.8 Å². The second-order valence-electron chi connectivity index (χ2n) is 12.0. The molecule has 0 bridgehead atoms. The molecular weight excluding hydrogens is 505 g/mol. The summed E-state index contributed by atoms with van der Waals surface area (Å²) in [4.78, 5) is 0. The van der Waals surface area contributed by atoms with Crippen molar-refractivity contribution < 1.29 is 18.3 Å². The molecule has 0 unspecified atom stereocenters. The van der Waals surface area contributed by atoms with Gasteiger partial charge >= 0.3 is 0 Å². The average Bonchev–Trinajstić information content (AvgIpc) is 2.87. The van der Waals surface area contributed by atoms with Gasteiger partial charge in [0.25, 0.3) is 0 Å². The first-order valence-electron chi connectivity index (χ1n) is 13.2. The summed E-state index contributed by atoms with van der Waals surface area (Å²) in [5.74, 6) is 3.13. The van der Waals surface area contributed by atoms with Crippen LogP contribution in [0.15, 0.2) is 97.1 Å². The van der Waals surface area contributed by atoms with Crippen LogP contribution in [0.25, 0.3) is 0 Å². The van der Waals surface area contributed by atoms with Crippen molar-refractivity contribution in [2.24, 2.45) is 0 Å². The third kappa shape index (κ3) is 3.78. The minimum absolute atomic E-state index is 0.782. The van der Waals surface area contributed by atoms with Crippen LogP contribution in [0.2, 0.25) is 39.3 Å². The van der Waals surface area contributed by atoms with E-state index in [2.05, 4.69) is 87.8 Å². The fourth-order valence-electron chi connectivity index (χ4n) is 5.95. The van der Waals surface area contributed by atoms with E-state index in [0.717, 1.165) is 45.3 Å². The van der Waals surface area contributed by atoms with Gasteiger partial charge in [-0.2, -0.15) is 0 Å². The molecule has 4 aromatic rings. The quantitative estimate of drug-likeness (QED) is 0.238. The van der Waals surface area contributed by atoms with Crippen molar-refractivity contribution >= 4 is 16.6 Å². The maximum atomic E-state index is 7.62. The minimum Gasteiger partial charge on any atom is -0.457 e. The molecule has 0 saturated heterocycles. The topological polar surface area (TPSA) is 36.9 Å². The van der Waals surface area contributed by atoms with E-state index < -0.39 is 27.8 Å². The molecule has 2 aliphatic heterocycles. The largest absolute Gasteiger partial charge is 0.457 e. The van der Waals surface area contributed by atoms with Gasteiger partial charge in [0.1, 0.15) is 23.0 Å². The summed E-state index contributed by atoms with van der Waals surface area (Å²) in [5, 5.41) is 0. The third-order valence-electron chi connectivity index (χ3n) is 6.92. The average molecular weight is 539 g/mol. The van der Waals surface area contributed by atoms with E-state index in [1.165, 1.54) is 0 Å². The van der Waals surface area contributed by atoms with Gasteiger partial charge in [-0.3, -0.25) is 0 Å². The van der Waals surface area contributed by atoms with Crippen LogP contribution in [0.4, 0.5) is 0 Å². The summed E-state index contributed by atoms with van der Waals surface area (Å²) in [5.41, 5.74) is 1.77. The molecule has 4 nitrogen and oxygen atoms in total. The predicted molar refractivity (Wildman–Crippen MR) is 156 cm³/mol.